The van der Waals surface area contributed by atoms with Gasteiger partial charge in [-0.25, -0.2) is 0 Å². The van der Waals surface area contributed by atoms with Crippen molar-refractivity contribution in [3.63, 3.8) is 0 Å². The van der Waals surface area contributed by atoms with E-state index < -0.39 is 6.10 Å². The minimum Gasteiger partial charge on any atom is -0.478 e. The van der Waals surface area contributed by atoms with Crippen molar-refractivity contribution in [3.8, 4) is 5.75 Å². The highest BCUT2D eigenvalue weighted by Gasteiger charge is 2.29. The highest BCUT2D eigenvalue weighted by atomic mass is 79.9. The number of carbonyl (C=O) groups is 2. The van der Waals surface area contributed by atoms with Crippen LogP contribution >= 0.6 is 15.9 Å². The number of carbonyl (C=O) groups excluding carboxylic acids is 2. The summed E-state index contributed by atoms with van der Waals surface area (Å²) in [6.45, 7) is 0. The Morgan fingerprint density at radius 1 is 1.18 bits per heavy atom. The molecule has 1 heterocycles. The van der Waals surface area contributed by atoms with Gasteiger partial charge in [0.2, 0.25) is 5.91 Å². The maximum absolute atomic E-state index is 12.0. The second-order valence-corrected chi connectivity index (χ2v) is 5.77. The lowest BCUT2D eigenvalue weighted by atomic mass is 10.1. The molecule has 0 bridgehead atoms. The smallest absolute Gasteiger partial charge is 0.266 e. The molecule has 1 atom stereocenters. The monoisotopic (exact) mass is 360 g/mol. The Hall–Kier alpha value is -2.34. The molecule has 0 aliphatic carbocycles. The summed E-state index contributed by atoms with van der Waals surface area (Å²) in [5.41, 5.74) is 1.29. The van der Waals surface area contributed by atoms with Crippen molar-refractivity contribution in [1.82, 2.24) is 0 Å². The third kappa shape index (κ3) is 3.28. The number of fused-ring (bicyclic) bond motifs is 1. The Morgan fingerprint density at radius 3 is 2.68 bits per heavy atom. The third-order valence-electron chi connectivity index (χ3n) is 3.21. The summed E-state index contributed by atoms with van der Waals surface area (Å²) >= 11 is 3.33. The molecule has 1 unspecified atom stereocenters. The number of hydrogen-bond donors (Lipinski definition) is 2. The second kappa shape index (κ2) is 6.19. The minimum atomic E-state index is -0.828. The summed E-state index contributed by atoms with van der Waals surface area (Å²) < 4.78 is 6.52. The SMILES string of the molecule is O=C(CC1Oc2ccccc2NC1=O)Nc1ccc(Br)cc1. The lowest BCUT2D eigenvalue weighted by molar-refractivity contribution is -0.128. The van der Waals surface area contributed by atoms with Crippen molar-refractivity contribution in [2.75, 3.05) is 10.6 Å². The number of rotatable bonds is 3. The lowest BCUT2D eigenvalue weighted by Gasteiger charge is -2.25. The summed E-state index contributed by atoms with van der Waals surface area (Å²) in [5.74, 6) is -0.0185. The zero-order valence-corrected chi connectivity index (χ0v) is 13.1. The van der Waals surface area contributed by atoms with Crippen LogP contribution in [-0.2, 0) is 9.59 Å². The fourth-order valence-electron chi connectivity index (χ4n) is 2.14. The van der Waals surface area contributed by atoms with E-state index in [-0.39, 0.29) is 18.2 Å². The maximum atomic E-state index is 12.0. The Balaban J connectivity index is 1.64. The van der Waals surface area contributed by atoms with E-state index in [4.69, 9.17) is 4.74 Å². The zero-order chi connectivity index (χ0) is 15.5. The summed E-state index contributed by atoms with van der Waals surface area (Å²) in [6.07, 6.45) is -0.874. The highest BCUT2D eigenvalue weighted by Crippen LogP contribution is 2.29. The zero-order valence-electron chi connectivity index (χ0n) is 11.5. The molecular weight excluding hydrogens is 348 g/mol. The first-order valence-electron chi connectivity index (χ1n) is 6.74. The van der Waals surface area contributed by atoms with Crippen LogP contribution in [0.5, 0.6) is 5.75 Å². The maximum Gasteiger partial charge on any atom is 0.266 e. The molecule has 2 amide bonds. The molecule has 6 heteroatoms. The van der Waals surface area contributed by atoms with Gasteiger partial charge in [0.1, 0.15) is 5.75 Å². The number of halogens is 1. The summed E-state index contributed by atoms with van der Waals surface area (Å²) in [4.78, 5) is 24.0. The fraction of sp³-hybridized carbons (Fsp3) is 0.125. The van der Waals surface area contributed by atoms with Crippen LogP contribution in [0.15, 0.2) is 53.0 Å². The molecule has 0 radical (unpaired) electrons. The topological polar surface area (TPSA) is 67.4 Å². The van der Waals surface area contributed by atoms with E-state index in [0.717, 1.165) is 4.47 Å². The first kappa shape index (κ1) is 14.6. The predicted molar refractivity (Wildman–Crippen MR) is 86.9 cm³/mol. The second-order valence-electron chi connectivity index (χ2n) is 4.85. The minimum absolute atomic E-state index is 0.0454. The molecule has 1 aliphatic rings. The molecule has 3 rings (SSSR count). The van der Waals surface area contributed by atoms with Crippen LogP contribution in [0.1, 0.15) is 6.42 Å². The largest absolute Gasteiger partial charge is 0.478 e. The van der Waals surface area contributed by atoms with Gasteiger partial charge in [-0.15, -0.1) is 0 Å². The van der Waals surface area contributed by atoms with Crippen molar-refractivity contribution < 1.29 is 14.3 Å². The summed E-state index contributed by atoms with van der Waals surface area (Å²) in [7, 11) is 0. The molecule has 2 N–H and O–H groups in total. The Morgan fingerprint density at radius 2 is 1.91 bits per heavy atom. The van der Waals surface area contributed by atoms with Crippen LogP contribution in [0, 0.1) is 0 Å². The Kier molecular flexibility index (Phi) is 4.11. The molecule has 2 aromatic rings. The van der Waals surface area contributed by atoms with Crippen LogP contribution in [0.3, 0.4) is 0 Å². The van der Waals surface area contributed by atoms with E-state index >= 15 is 0 Å². The van der Waals surface area contributed by atoms with Crippen molar-refractivity contribution in [1.29, 1.82) is 0 Å². The van der Waals surface area contributed by atoms with Gasteiger partial charge in [-0.2, -0.15) is 0 Å². The van der Waals surface area contributed by atoms with Crippen molar-refractivity contribution in [2.45, 2.75) is 12.5 Å². The van der Waals surface area contributed by atoms with Gasteiger partial charge in [-0.1, -0.05) is 28.1 Å². The standard InChI is InChI=1S/C16H13BrN2O3/c17-10-5-7-11(8-6-10)18-15(20)9-14-16(21)19-12-3-1-2-4-13(12)22-14/h1-8,14H,9H2,(H,18,20)(H,19,21). The van der Waals surface area contributed by atoms with Crippen molar-refractivity contribution in [2.24, 2.45) is 0 Å². The number of hydrogen-bond acceptors (Lipinski definition) is 3. The van der Waals surface area contributed by atoms with Crippen LogP contribution in [-0.4, -0.2) is 17.9 Å². The van der Waals surface area contributed by atoms with Crippen LogP contribution < -0.4 is 15.4 Å². The molecule has 2 aromatic carbocycles. The van der Waals surface area contributed by atoms with E-state index in [9.17, 15) is 9.59 Å². The van der Waals surface area contributed by atoms with Crippen molar-refractivity contribution in [3.05, 3.63) is 53.0 Å². The third-order valence-corrected chi connectivity index (χ3v) is 3.73. The number of amides is 2. The van der Waals surface area contributed by atoms with E-state index in [1.807, 2.05) is 24.3 Å². The molecule has 1 aliphatic heterocycles. The van der Waals surface area contributed by atoms with Gasteiger partial charge in [-0.05, 0) is 36.4 Å². The molecule has 0 aromatic heterocycles. The number of benzene rings is 2. The Bertz CT molecular complexity index is 716. The van der Waals surface area contributed by atoms with Crippen molar-refractivity contribution >= 4 is 39.1 Å². The van der Waals surface area contributed by atoms with Gasteiger partial charge in [0, 0.05) is 10.2 Å². The van der Waals surface area contributed by atoms with Gasteiger partial charge in [0.15, 0.2) is 6.10 Å². The summed E-state index contributed by atoms with van der Waals surface area (Å²) in [6, 6.07) is 14.3. The van der Waals surface area contributed by atoms with Crippen LogP contribution in [0.4, 0.5) is 11.4 Å². The highest BCUT2D eigenvalue weighted by molar-refractivity contribution is 9.10. The molecule has 0 saturated heterocycles. The molecule has 112 valence electrons. The Labute approximate surface area is 135 Å². The molecule has 0 fully saturated rings. The van der Waals surface area contributed by atoms with Crippen LogP contribution in [0.25, 0.3) is 0 Å². The van der Waals surface area contributed by atoms with Gasteiger partial charge in [0.25, 0.3) is 5.91 Å². The van der Waals surface area contributed by atoms with E-state index in [2.05, 4.69) is 26.6 Å². The van der Waals surface area contributed by atoms with Gasteiger partial charge in [-0.3, -0.25) is 9.59 Å². The quantitative estimate of drug-likeness (QED) is 0.883. The lowest BCUT2D eigenvalue weighted by Crippen LogP contribution is -2.39. The molecule has 22 heavy (non-hydrogen) atoms. The number of para-hydroxylation sites is 2. The first-order chi connectivity index (χ1) is 10.6. The van der Waals surface area contributed by atoms with E-state index in [1.54, 1.807) is 24.3 Å². The normalized spacial score (nSPS) is 16.2. The van der Waals surface area contributed by atoms with Gasteiger partial charge >= 0.3 is 0 Å². The average molecular weight is 361 g/mol. The number of ether oxygens (including phenoxy) is 1. The van der Waals surface area contributed by atoms with E-state index in [1.165, 1.54) is 0 Å². The molecular formula is C16H13BrN2O3. The molecule has 5 nitrogen and oxygen atoms in total. The summed E-state index contributed by atoms with van der Waals surface area (Å²) in [5, 5.41) is 5.48. The number of anilines is 2. The average Bonchev–Trinajstić information content (AvgIpc) is 2.50. The van der Waals surface area contributed by atoms with E-state index in [0.29, 0.717) is 17.1 Å². The molecule has 0 saturated carbocycles. The first-order valence-corrected chi connectivity index (χ1v) is 7.53. The van der Waals surface area contributed by atoms with Gasteiger partial charge < -0.3 is 15.4 Å². The predicted octanol–water partition coefficient (Wildman–Crippen LogP) is 3.18. The fourth-order valence-corrected chi connectivity index (χ4v) is 2.41. The molecule has 0 spiro atoms. The van der Waals surface area contributed by atoms with Gasteiger partial charge in [0.05, 0.1) is 12.1 Å². The van der Waals surface area contributed by atoms with Crippen LogP contribution in [0.2, 0.25) is 0 Å². The number of nitrogens with one attached hydrogen (secondary N) is 2.